The molecule has 3 aliphatic rings. The Bertz CT molecular complexity index is 1700. The summed E-state index contributed by atoms with van der Waals surface area (Å²) in [4.78, 5) is 39.4. The lowest BCUT2D eigenvalue weighted by atomic mass is 10.0. The van der Waals surface area contributed by atoms with Crippen molar-refractivity contribution >= 4 is 34.4 Å². The first kappa shape index (κ1) is 26.2. The number of ether oxygens (including phenoxy) is 1. The van der Waals surface area contributed by atoms with E-state index < -0.39 is 6.09 Å². The molecule has 2 amide bonds. The van der Waals surface area contributed by atoms with Gasteiger partial charge in [0, 0.05) is 53.9 Å². The van der Waals surface area contributed by atoms with E-state index in [2.05, 4.69) is 20.6 Å². The molecule has 214 valence electrons. The molecule has 3 fully saturated rings. The number of amides is 2. The lowest BCUT2D eigenvalue weighted by Crippen LogP contribution is -2.44. The van der Waals surface area contributed by atoms with Crippen molar-refractivity contribution in [2.45, 2.75) is 45.1 Å². The van der Waals surface area contributed by atoms with Crippen molar-refractivity contribution in [1.29, 1.82) is 0 Å². The number of pyridine rings is 1. The van der Waals surface area contributed by atoms with Crippen LogP contribution in [-0.2, 0) is 4.79 Å². The highest BCUT2D eigenvalue weighted by Gasteiger charge is 2.65. The molecule has 2 aromatic heterocycles. The molecule has 3 heterocycles. The van der Waals surface area contributed by atoms with Gasteiger partial charge in [-0.15, -0.1) is 0 Å². The Kier molecular flexibility index (Phi) is 6.41. The summed E-state index contributed by atoms with van der Waals surface area (Å²) in [5.41, 5.74) is 3.34. The highest BCUT2D eigenvalue weighted by atomic mass is 16.5. The average molecular weight is 565 g/mol. The van der Waals surface area contributed by atoms with Crippen LogP contribution in [0.3, 0.4) is 0 Å². The predicted octanol–water partition coefficient (Wildman–Crippen LogP) is 6.09. The summed E-state index contributed by atoms with van der Waals surface area (Å²) < 4.78 is 6.52. The molecule has 0 unspecified atom stereocenters. The van der Waals surface area contributed by atoms with Crippen LogP contribution in [0.15, 0.2) is 60.9 Å². The first-order valence-corrected chi connectivity index (χ1v) is 14.4. The number of anilines is 2. The number of likely N-dealkylation sites (tertiary alicyclic amines) is 1. The van der Waals surface area contributed by atoms with Crippen LogP contribution in [-0.4, -0.2) is 56.1 Å². The molecule has 1 saturated heterocycles. The number of carbonyl (C=O) groups is 2. The molecule has 4 aromatic rings. The van der Waals surface area contributed by atoms with Gasteiger partial charge in [-0.3, -0.25) is 4.79 Å². The topological polar surface area (TPSA) is 130 Å². The fraction of sp³-hybridized carbons (Fsp3) is 0.344. The molecular formula is C32H32N6O4. The van der Waals surface area contributed by atoms with E-state index in [1.165, 1.54) is 4.90 Å². The third-order valence-corrected chi connectivity index (χ3v) is 8.79. The van der Waals surface area contributed by atoms with Gasteiger partial charge in [-0.2, -0.15) is 0 Å². The third kappa shape index (κ3) is 4.97. The Labute approximate surface area is 243 Å². The zero-order chi connectivity index (χ0) is 28.8. The summed E-state index contributed by atoms with van der Waals surface area (Å²) in [6.07, 6.45) is 7.38. The van der Waals surface area contributed by atoms with Crippen LogP contribution in [0.1, 0.15) is 37.7 Å². The van der Waals surface area contributed by atoms with Crippen molar-refractivity contribution in [3.8, 4) is 22.9 Å². The minimum Gasteiger partial charge on any atom is -0.465 e. The molecule has 2 aliphatic carbocycles. The van der Waals surface area contributed by atoms with Crippen LogP contribution < -0.4 is 15.4 Å². The number of benzene rings is 2. The lowest BCUT2D eigenvalue weighted by molar-refractivity contribution is -0.117. The fourth-order valence-electron chi connectivity index (χ4n) is 6.13. The van der Waals surface area contributed by atoms with Crippen LogP contribution in [0, 0.1) is 18.3 Å². The van der Waals surface area contributed by atoms with Gasteiger partial charge in [-0.1, -0.05) is 24.3 Å². The number of carbonyl (C=O) groups excluding carboxylic acids is 1. The van der Waals surface area contributed by atoms with Crippen LogP contribution in [0.2, 0.25) is 0 Å². The molecule has 1 aliphatic heterocycles. The zero-order valence-electron chi connectivity index (χ0n) is 23.3. The second-order valence-corrected chi connectivity index (χ2v) is 11.7. The largest absolute Gasteiger partial charge is 0.465 e. The van der Waals surface area contributed by atoms with Gasteiger partial charge >= 0.3 is 6.09 Å². The van der Waals surface area contributed by atoms with Gasteiger partial charge in [0.2, 0.25) is 17.7 Å². The molecule has 3 N–H and O–H groups in total. The molecular weight excluding hydrogens is 532 g/mol. The molecule has 2 atom stereocenters. The number of carboxylic acid groups (broad SMARTS) is 1. The molecule has 10 nitrogen and oxygen atoms in total. The number of hydrogen-bond acceptors (Lipinski definition) is 7. The normalized spacial score (nSPS) is 20.3. The minimum absolute atomic E-state index is 0.0718. The number of aryl methyl sites for hydroxylation is 1. The third-order valence-electron chi connectivity index (χ3n) is 8.79. The van der Waals surface area contributed by atoms with Crippen LogP contribution in [0.5, 0.6) is 11.6 Å². The quantitative estimate of drug-likeness (QED) is 0.246. The van der Waals surface area contributed by atoms with E-state index in [-0.39, 0.29) is 17.9 Å². The highest BCUT2D eigenvalue weighted by molar-refractivity contribution is 6.06. The summed E-state index contributed by atoms with van der Waals surface area (Å²) in [6, 6.07) is 15.3. The van der Waals surface area contributed by atoms with Gasteiger partial charge in [0.25, 0.3) is 0 Å². The van der Waals surface area contributed by atoms with E-state index >= 15 is 0 Å². The zero-order valence-corrected chi connectivity index (χ0v) is 23.3. The van der Waals surface area contributed by atoms with Crippen LogP contribution in [0.25, 0.3) is 22.0 Å². The van der Waals surface area contributed by atoms with E-state index in [4.69, 9.17) is 9.72 Å². The molecule has 0 bridgehead atoms. The van der Waals surface area contributed by atoms with Gasteiger partial charge in [0.1, 0.15) is 5.75 Å². The van der Waals surface area contributed by atoms with Crippen molar-refractivity contribution in [1.82, 2.24) is 19.9 Å². The second kappa shape index (κ2) is 10.3. The number of fused-ring (bicyclic) bond motifs is 1. The van der Waals surface area contributed by atoms with Gasteiger partial charge in [-0.05, 0) is 74.3 Å². The maximum Gasteiger partial charge on any atom is 0.407 e. The molecule has 42 heavy (non-hydrogen) atoms. The summed E-state index contributed by atoms with van der Waals surface area (Å²) in [7, 11) is 0. The van der Waals surface area contributed by atoms with E-state index in [0.717, 1.165) is 54.1 Å². The van der Waals surface area contributed by atoms with E-state index in [9.17, 15) is 14.7 Å². The average Bonchev–Trinajstić information content (AvgIpc) is 3.93. The fourth-order valence-corrected chi connectivity index (χ4v) is 6.13. The van der Waals surface area contributed by atoms with E-state index in [1.807, 2.05) is 49.4 Å². The Morgan fingerprint density at radius 1 is 1.05 bits per heavy atom. The molecule has 7 rings (SSSR count). The molecule has 0 radical (unpaired) electrons. The lowest BCUT2D eigenvalue weighted by Gasteiger charge is -2.31. The molecule has 1 spiro atoms. The van der Waals surface area contributed by atoms with Gasteiger partial charge in [-0.25, -0.2) is 19.7 Å². The maximum absolute atomic E-state index is 12.9. The monoisotopic (exact) mass is 564 g/mol. The number of piperidine rings is 1. The Balaban J connectivity index is 1.16. The van der Waals surface area contributed by atoms with Crippen molar-refractivity contribution in [2.75, 3.05) is 23.7 Å². The van der Waals surface area contributed by atoms with Gasteiger partial charge in [0.05, 0.1) is 11.3 Å². The first-order chi connectivity index (χ1) is 20.4. The minimum atomic E-state index is -0.916. The van der Waals surface area contributed by atoms with Crippen LogP contribution >= 0.6 is 0 Å². The van der Waals surface area contributed by atoms with E-state index in [0.29, 0.717) is 47.3 Å². The first-order valence-electron chi connectivity index (χ1n) is 14.4. The summed E-state index contributed by atoms with van der Waals surface area (Å²) in [5, 5.41) is 17.6. The van der Waals surface area contributed by atoms with Crippen LogP contribution in [0.4, 0.5) is 16.4 Å². The number of aromatic nitrogens is 3. The van der Waals surface area contributed by atoms with Crippen molar-refractivity contribution in [3.63, 3.8) is 0 Å². The molecule has 10 heteroatoms. The van der Waals surface area contributed by atoms with Crippen molar-refractivity contribution < 1.29 is 19.4 Å². The number of rotatable bonds is 7. The molecule has 2 saturated carbocycles. The predicted molar refractivity (Wildman–Crippen MR) is 159 cm³/mol. The van der Waals surface area contributed by atoms with E-state index in [1.54, 1.807) is 18.5 Å². The SMILES string of the molecule is Cc1ccc2c(NC(=O)[C@H]3CC34CC4)cccc2c1Oc1ncccc1-c1ccnc(N[C@H]2CCCN(C(=O)O)C2)n1. The molecule has 2 aromatic carbocycles. The smallest absolute Gasteiger partial charge is 0.407 e. The number of nitrogens with zero attached hydrogens (tertiary/aromatic N) is 4. The standard InChI is InChI=1S/C32H32N6O4/c1-19-9-10-21-22(6-2-8-25(21)36-28(39)24-17-32(24)12-13-32)27(19)42-29-23(7-3-14-33-29)26-11-15-34-30(37-26)35-20-5-4-16-38(18-20)31(40)41/h2-3,6-11,14-15,20,24H,4-5,12-13,16-18H2,1H3,(H,36,39)(H,40,41)(H,34,35,37)/t20-,24+/m0/s1. The highest BCUT2D eigenvalue weighted by Crippen LogP contribution is 2.70. The van der Waals surface area contributed by atoms with Crippen molar-refractivity contribution in [2.24, 2.45) is 11.3 Å². The Morgan fingerprint density at radius 2 is 1.93 bits per heavy atom. The number of nitrogens with one attached hydrogen (secondary N) is 2. The second-order valence-electron chi connectivity index (χ2n) is 11.7. The Morgan fingerprint density at radius 3 is 2.74 bits per heavy atom. The van der Waals surface area contributed by atoms with Crippen molar-refractivity contribution in [3.05, 3.63) is 66.5 Å². The summed E-state index contributed by atoms with van der Waals surface area (Å²) in [6.45, 7) is 2.91. The summed E-state index contributed by atoms with van der Waals surface area (Å²) in [5.74, 6) is 1.72. The Hall–Kier alpha value is -4.73. The maximum atomic E-state index is 12.9. The summed E-state index contributed by atoms with van der Waals surface area (Å²) >= 11 is 0. The van der Waals surface area contributed by atoms with Gasteiger partial charge < -0.3 is 25.4 Å². The number of hydrogen-bond donors (Lipinski definition) is 3. The van der Waals surface area contributed by atoms with Gasteiger partial charge in [0.15, 0.2) is 0 Å².